The predicted molar refractivity (Wildman–Crippen MR) is 107 cm³/mol. The molecule has 0 saturated carbocycles. The number of nitrogens with zero attached hydrogens (tertiary/aromatic N) is 9. The van der Waals surface area contributed by atoms with E-state index in [0.29, 0.717) is 30.4 Å². The minimum absolute atomic E-state index is 0.0905. The molecule has 0 unspecified atom stereocenters. The van der Waals surface area contributed by atoms with Gasteiger partial charge in [-0.2, -0.15) is 0 Å². The lowest BCUT2D eigenvalue weighted by Crippen LogP contribution is -2.11. The molecule has 4 aromatic heterocycles. The van der Waals surface area contributed by atoms with Gasteiger partial charge in [0, 0.05) is 25.1 Å². The highest BCUT2D eigenvalue weighted by Crippen LogP contribution is 2.19. The number of aryl methyl sites for hydroxylation is 2. The molecule has 154 valence electrons. The molecule has 0 radical (unpaired) electrons. The summed E-state index contributed by atoms with van der Waals surface area (Å²) in [5.41, 5.74) is 0.779. The summed E-state index contributed by atoms with van der Waals surface area (Å²) in [6.45, 7) is 0.716. The number of thioether (sulfide) groups is 1. The molecule has 0 fully saturated rings. The van der Waals surface area contributed by atoms with E-state index in [4.69, 9.17) is 4.42 Å². The average Bonchev–Trinajstić information content (AvgIpc) is 3.50. The first-order chi connectivity index (χ1) is 14.6. The fourth-order valence-electron chi connectivity index (χ4n) is 2.69. The zero-order valence-corrected chi connectivity index (χ0v) is 16.7. The van der Waals surface area contributed by atoms with Crippen molar-refractivity contribution in [1.29, 1.82) is 0 Å². The lowest BCUT2D eigenvalue weighted by Gasteiger charge is -2.03. The second-order valence-electron chi connectivity index (χ2n) is 6.22. The normalized spacial score (nSPS) is 11.5. The van der Waals surface area contributed by atoms with Crippen LogP contribution in [0.15, 0.2) is 46.7 Å². The molecule has 13 heteroatoms. The molecular formula is C17H17N9O3S. The Bertz CT molecular complexity index is 1160. The van der Waals surface area contributed by atoms with E-state index in [2.05, 4.69) is 25.5 Å². The molecule has 4 rings (SSSR count). The van der Waals surface area contributed by atoms with Gasteiger partial charge in [0.1, 0.15) is 24.8 Å². The zero-order chi connectivity index (χ0) is 20.9. The molecule has 4 heterocycles. The Labute approximate surface area is 174 Å². The van der Waals surface area contributed by atoms with E-state index in [0.717, 1.165) is 10.9 Å². The Hall–Kier alpha value is -3.74. The maximum atomic E-state index is 11.4. The van der Waals surface area contributed by atoms with Crippen LogP contribution < -0.4 is 0 Å². The van der Waals surface area contributed by atoms with Crippen molar-refractivity contribution in [3.8, 4) is 0 Å². The van der Waals surface area contributed by atoms with Gasteiger partial charge in [0.05, 0.1) is 18.5 Å². The van der Waals surface area contributed by atoms with E-state index >= 15 is 0 Å². The van der Waals surface area contributed by atoms with Gasteiger partial charge in [0.15, 0.2) is 5.16 Å². The van der Waals surface area contributed by atoms with Crippen LogP contribution in [0.3, 0.4) is 0 Å². The minimum Gasteiger partial charge on any atom is -0.465 e. The Morgan fingerprint density at radius 3 is 2.93 bits per heavy atom. The molecule has 0 spiro atoms. The maximum Gasteiger partial charge on any atom is 0.343 e. The Morgan fingerprint density at radius 1 is 1.30 bits per heavy atom. The van der Waals surface area contributed by atoms with Crippen molar-refractivity contribution < 1.29 is 9.34 Å². The first-order valence-corrected chi connectivity index (χ1v) is 9.86. The summed E-state index contributed by atoms with van der Waals surface area (Å²) in [5, 5.41) is 28.2. The van der Waals surface area contributed by atoms with E-state index in [-0.39, 0.29) is 5.82 Å². The second kappa shape index (κ2) is 8.73. The molecule has 0 saturated heterocycles. The van der Waals surface area contributed by atoms with Crippen molar-refractivity contribution in [2.24, 2.45) is 7.05 Å². The van der Waals surface area contributed by atoms with Crippen LogP contribution in [0.2, 0.25) is 0 Å². The molecular weight excluding hydrogens is 410 g/mol. The highest BCUT2D eigenvalue weighted by Gasteiger charge is 2.19. The average molecular weight is 427 g/mol. The van der Waals surface area contributed by atoms with Crippen molar-refractivity contribution in [2.45, 2.75) is 24.0 Å². The number of aromatic nitrogens is 8. The smallest absolute Gasteiger partial charge is 0.343 e. The first kappa shape index (κ1) is 19.6. The standard InChI is InChI=1S/C17H17N9O3S/c1-23-12-19-21-17(23)30-11-13-10-24(22-20-13)6-7-25-15(18-9-16(25)26(27)28)5-4-14-3-2-8-29-14/h2-5,8-10,12H,6-7,11H2,1H3/b5-4+. The topological polar surface area (TPSA) is 136 Å². The highest BCUT2D eigenvalue weighted by molar-refractivity contribution is 7.98. The molecule has 0 aliphatic rings. The monoisotopic (exact) mass is 427 g/mol. The number of rotatable bonds is 9. The second-order valence-corrected chi connectivity index (χ2v) is 7.16. The third-order valence-electron chi connectivity index (χ3n) is 4.15. The zero-order valence-electron chi connectivity index (χ0n) is 15.9. The largest absolute Gasteiger partial charge is 0.465 e. The van der Waals surface area contributed by atoms with Crippen LogP contribution >= 0.6 is 11.8 Å². The van der Waals surface area contributed by atoms with Crippen LogP contribution in [0, 0.1) is 10.1 Å². The van der Waals surface area contributed by atoms with Gasteiger partial charge in [0.25, 0.3) is 0 Å². The minimum atomic E-state index is -0.457. The van der Waals surface area contributed by atoms with Crippen LogP contribution in [-0.4, -0.2) is 44.2 Å². The van der Waals surface area contributed by atoms with Gasteiger partial charge >= 0.3 is 5.82 Å². The predicted octanol–water partition coefficient (Wildman–Crippen LogP) is 2.27. The summed E-state index contributed by atoms with van der Waals surface area (Å²) in [6.07, 6.45) is 9.63. The Morgan fingerprint density at radius 2 is 2.20 bits per heavy atom. The van der Waals surface area contributed by atoms with Gasteiger partial charge in [-0.25, -0.2) is 14.2 Å². The van der Waals surface area contributed by atoms with Gasteiger partial charge in [-0.1, -0.05) is 17.0 Å². The van der Waals surface area contributed by atoms with Crippen molar-refractivity contribution in [1.82, 2.24) is 39.3 Å². The molecule has 0 aliphatic heterocycles. The number of hydrogen-bond donors (Lipinski definition) is 0. The lowest BCUT2D eigenvalue weighted by molar-refractivity contribution is -0.392. The molecule has 0 bridgehead atoms. The highest BCUT2D eigenvalue weighted by atomic mass is 32.2. The molecule has 0 aliphatic carbocycles. The number of furan rings is 1. The van der Waals surface area contributed by atoms with E-state index in [1.807, 2.05) is 17.8 Å². The van der Waals surface area contributed by atoms with Gasteiger partial charge in [-0.3, -0.25) is 0 Å². The van der Waals surface area contributed by atoms with E-state index in [1.54, 1.807) is 41.6 Å². The fourth-order valence-corrected chi connectivity index (χ4v) is 3.45. The van der Waals surface area contributed by atoms with Crippen LogP contribution in [0.1, 0.15) is 17.3 Å². The summed E-state index contributed by atoms with van der Waals surface area (Å²) in [7, 11) is 1.87. The molecule has 12 nitrogen and oxygen atoms in total. The summed E-state index contributed by atoms with van der Waals surface area (Å²) >= 11 is 1.50. The number of hydrogen-bond acceptors (Lipinski definition) is 9. The molecule has 30 heavy (non-hydrogen) atoms. The van der Waals surface area contributed by atoms with Gasteiger partial charge < -0.3 is 19.1 Å². The van der Waals surface area contributed by atoms with Crippen molar-refractivity contribution in [3.05, 3.63) is 64.5 Å². The van der Waals surface area contributed by atoms with E-state index in [1.165, 1.54) is 22.5 Å². The lowest BCUT2D eigenvalue weighted by atomic mass is 10.4. The SMILES string of the molecule is Cn1cnnc1SCc1cn(CCn2c([N+](=O)[O-])cnc2/C=C/c2ccco2)nn1. The van der Waals surface area contributed by atoms with Crippen LogP contribution in [-0.2, 0) is 25.9 Å². The summed E-state index contributed by atoms with van der Waals surface area (Å²) in [5.74, 6) is 1.59. The Balaban J connectivity index is 1.43. The molecule has 0 atom stereocenters. The van der Waals surface area contributed by atoms with Crippen molar-refractivity contribution in [3.63, 3.8) is 0 Å². The van der Waals surface area contributed by atoms with Crippen molar-refractivity contribution >= 4 is 29.7 Å². The summed E-state index contributed by atoms with van der Waals surface area (Å²) < 4.78 is 10.2. The molecule has 0 amide bonds. The Kier molecular flexibility index (Phi) is 5.70. The third-order valence-corrected chi connectivity index (χ3v) is 5.22. The molecule has 4 aromatic rings. The molecule has 0 aromatic carbocycles. The quantitative estimate of drug-likeness (QED) is 0.224. The third kappa shape index (κ3) is 4.46. The van der Waals surface area contributed by atoms with Gasteiger partial charge in [-0.15, -0.1) is 15.3 Å². The number of imidazole rings is 1. The van der Waals surface area contributed by atoms with Crippen molar-refractivity contribution in [2.75, 3.05) is 0 Å². The number of nitro groups is 1. The maximum absolute atomic E-state index is 11.4. The van der Waals surface area contributed by atoms with Crippen LogP contribution in [0.25, 0.3) is 12.2 Å². The summed E-state index contributed by atoms with van der Waals surface area (Å²) in [6, 6.07) is 3.55. The fraction of sp³-hybridized carbons (Fsp3) is 0.235. The molecule has 0 N–H and O–H groups in total. The van der Waals surface area contributed by atoms with Gasteiger partial charge in [-0.05, 0) is 23.1 Å². The summed E-state index contributed by atoms with van der Waals surface area (Å²) in [4.78, 5) is 15.1. The van der Waals surface area contributed by atoms with Crippen LogP contribution in [0.4, 0.5) is 5.82 Å². The first-order valence-electron chi connectivity index (χ1n) is 8.87. The van der Waals surface area contributed by atoms with Gasteiger partial charge in [0.2, 0.25) is 5.82 Å². The van der Waals surface area contributed by atoms with E-state index in [9.17, 15) is 10.1 Å². The van der Waals surface area contributed by atoms with E-state index < -0.39 is 4.92 Å². The van der Waals surface area contributed by atoms with Crippen LogP contribution in [0.5, 0.6) is 0 Å².